The lowest BCUT2D eigenvalue weighted by Gasteiger charge is -2.41. The van der Waals surface area contributed by atoms with Crippen LogP contribution in [0.25, 0.3) is 0 Å². The van der Waals surface area contributed by atoms with E-state index in [1.54, 1.807) is 0 Å². The summed E-state index contributed by atoms with van der Waals surface area (Å²) in [5, 5.41) is 0. The van der Waals surface area contributed by atoms with Gasteiger partial charge >= 0.3 is 0 Å². The van der Waals surface area contributed by atoms with Gasteiger partial charge in [-0.05, 0) is 35.0 Å². The van der Waals surface area contributed by atoms with Gasteiger partial charge in [-0.25, -0.2) is 0 Å². The van der Waals surface area contributed by atoms with Crippen LogP contribution in [0.2, 0.25) is 0 Å². The predicted molar refractivity (Wildman–Crippen MR) is 59.7 cm³/mol. The highest BCUT2D eigenvalue weighted by Crippen LogP contribution is 2.65. The smallest absolute Gasteiger partial charge is 0.0243 e. The Morgan fingerprint density at radius 2 is 1.62 bits per heavy atom. The van der Waals surface area contributed by atoms with Gasteiger partial charge in [0.05, 0.1) is 0 Å². The molecular weight excluding hydrogens is 156 g/mol. The zero-order valence-electron chi connectivity index (χ0n) is 10.4. The Morgan fingerprint density at radius 1 is 1.23 bits per heavy atom. The molecule has 1 saturated carbocycles. The second-order valence-electron chi connectivity index (χ2n) is 6.28. The van der Waals surface area contributed by atoms with E-state index in [1.807, 2.05) is 0 Å². The van der Waals surface area contributed by atoms with Crippen molar-refractivity contribution in [2.75, 3.05) is 0 Å². The monoisotopic (exact) mass is 182 g/mol. The minimum Gasteiger partial charge on any atom is -0.0625 e. The van der Waals surface area contributed by atoms with Crippen LogP contribution >= 0.6 is 0 Å². The van der Waals surface area contributed by atoms with E-state index in [0.29, 0.717) is 10.8 Å². The van der Waals surface area contributed by atoms with E-state index in [-0.39, 0.29) is 0 Å². The van der Waals surface area contributed by atoms with Gasteiger partial charge in [-0.1, -0.05) is 48.5 Å². The highest BCUT2D eigenvalue weighted by atomic mass is 14.6. The van der Waals surface area contributed by atoms with Crippen LogP contribution in [0.5, 0.6) is 0 Å². The molecule has 3 atom stereocenters. The van der Waals surface area contributed by atoms with Crippen LogP contribution in [0.4, 0.5) is 0 Å². The van der Waals surface area contributed by atoms with Crippen LogP contribution in [0.3, 0.4) is 0 Å². The molecule has 0 heterocycles. The van der Waals surface area contributed by atoms with Gasteiger partial charge in [0.25, 0.3) is 0 Å². The molecule has 1 aliphatic carbocycles. The van der Waals surface area contributed by atoms with Crippen LogP contribution in [-0.4, -0.2) is 0 Å². The molecule has 0 saturated heterocycles. The van der Waals surface area contributed by atoms with E-state index in [9.17, 15) is 0 Å². The van der Waals surface area contributed by atoms with E-state index in [2.05, 4.69) is 48.5 Å². The van der Waals surface area contributed by atoms with Crippen molar-refractivity contribution in [3.8, 4) is 0 Å². The molecule has 0 spiro atoms. The molecule has 13 heavy (non-hydrogen) atoms. The minimum atomic E-state index is 0.501. The molecule has 1 aliphatic rings. The summed E-state index contributed by atoms with van der Waals surface area (Å²) in [5.41, 5.74) is 1.11. The first-order chi connectivity index (χ1) is 5.73. The van der Waals surface area contributed by atoms with Crippen LogP contribution in [0.15, 0.2) is 0 Å². The summed E-state index contributed by atoms with van der Waals surface area (Å²) < 4.78 is 0. The van der Waals surface area contributed by atoms with Crippen molar-refractivity contribution in [3.63, 3.8) is 0 Å². The minimum absolute atomic E-state index is 0.501. The maximum absolute atomic E-state index is 2.47. The van der Waals surface area contributed by atoms with Crippen LogP contribution in [0, 0.1) is 28.6 Å². The first kappa shape index (κ1) is 11.1. The highest BCUT2D eigenvalue weighted by molar-refractivity contribution is 5.07. The molecule has 0 N–H and O–H groups in total. The van der Waals surface area contributed by atoms with Crippen molar-refractivity contribution in [1.29, 1.82) is 0 Å². The number of hydrogen-bond donors (Lipinski definition) is 0. The predicted octanol–water partition coefficient (Wildman–Crippen LogP) is 4.35. The fourth-order valence-electron chi connectivity index (χ4n) is 2.83. The molecule has 0 heteroatoms. The average Bonchev–Trinajstić information content (AvgIpc) is 2.60. The Balaban J connectivity index is 2.77. The first-order valence-corrected chi connectivity index (χ1v) is 5.73. The van der Waals surface area contributed by atoms with Gasteiger partial charge in [-0.2, -0.15) is 0 Å². The molecule has 0 aromatic heterocycles. The lowest BCUT2D eigenvalue weighted by molar-refractivity contribution is 0.0757. The van der Waals surface area contributed by atoms with Gasteiger partial charge in [0, 0.05) is 0 Å². The Kier molecular flexibility index (Phi) is 2.56. The topological polar surface area (TPSA) is 0 Å². The summed E-state index contributed by atoms with van der Waals surface area (Å²) in [6.07, 6.45) is 1.43. The fourth-order valence-corrected chi connectivity index (χ4v) is 2.83. The Bertz CT molecular complexity index is 190. The zero-order valence-corrected chi connectivity index (χ0v) is 10.4. The molecule has 0 nitrogen and oxygen atoms in total. The van der Waals surface area contributed by atoms with Crippen molar-refractivity contribution >= 4 is 0 Å². The molecule has 3 unspecified atom stereocenters. The molecule has 1 rings (SSSR count). The third-order valence-corrected chi connectivity index (χ3v) is 5.27. The standard InChI is InChI=1S/C13H26/c1-9(2)11(4)12(5,6)13(7)8-10(13)3/h9-11H,8H2,1-7H3. The van der Waals surface area contributed by atoms with E-state index < -0.39 is 0 Å². The van der Waals surface area contributed by atoms with Crippen molar-refractivity contribution in [3.05, 3.63) is 0 Å². The molecule has 0 aromatic carbocycles. The zero-order chi connectivity index (χ0) is 10.4. The van der Waals surface area contributed by atoms with E-state index in [0.717, 1.165) is 17.8 Å². The summed E-state index contributed by atoms with van der Waals surface area (Å²) in [6, 6.07) is 0. The van der Waals surface area contributed by atoms with Gasteiger partial charge in [-0.15, -0.1) is 0 Å². The van der Waals surface area contributed by atoms with Crippen molar-refractivity contribution < 1.29 is 0 Å². The van der Waals surface area contributed by atoms with Crippen molar-refractivity contribution in [1.82, 2.24) is 0 Å². The normalized spacial score (nSPS) is 36.5. The number of hydrogen-bond acceptors (Lipinski definition) is 0. The van der Waals surface area contributed by atoms with Gasteiger partial charge in [0.15, 0.2) is 0 Å². The van der Waals surface area contributed by atoms with Crippen LogP contribution in [-0.2, 0) is 0 Å². The summed E-state index contributed by atoms with van der Waals surface area (Å²) in [6.45, 7) is 16.9. The summed E-state index contributed by atoms with van der Waals surface area (Å²) in [5.74, 6) is 2.56. The van der Waals surface area contributed by atoms with Gasteiger partial charge in [-0.3, -0.25) is 0 Å². The maximum Gasteiger partial charge on any atom is -0.0243 e. The van der Waals surface area contributed by atoms with E-state index >= 15 is 0 Å². The Morgan fingerprint density at radius 3 is 1.85 bits per heavy atom. The lowest BCUT2D eigenvalue weighted by atomic mass is 9.64. The molecule has 0 bridgehead atoms. The molecule has 0 aromatic rings. The van der Waals surface area contributed by atoms with Crippen LogP contribution < -0.4 is 0 Å². The van der Waals surface area contributed by atoms with E-state index in [4.69, 9.17) is 0 Å². The largest absolute Gasteiger partial charge is 0.0625 e. The van der Waals surface area contributed by atoms with Crippen molar-refractivity contribution in [2.45, 2.75) is 54.9 Å². The molecule has 0 radical (unpaired) electrons. The fraction of sp³-hybridized carbons (Fsp3) is 1.00. The summed E-state index contributed by atoms with van der Waals surface area (Å²) in [7, 11) is 0. The van der Waals surface area contributed by atoms with E-state index in [1.165, 1.54) is 6.42 Å². The molecule has 0 amide bonds. The Hall–Kier alpha value is 0. The molecule has 1 fully saturated rings. The summed E-state index contributed by atoms with van der Waals surface area (Å²) >= 11 is 0. The lowest BCUT2D eigenvalue weighted by Crippen LogP contribution is -2.34. The summed E-state index contributed by atoms with van der Waals surface area (Å²) in [4.78, 5) is 0. The Labute approximate surface area is 84.1 Å². The molecule has 0 aliphatic heterocycles. The third-order valence-electron chi connectivity index (χ3n) is 5.27. The van der Waals surface area contributed by atoms with Crippen LogP contribution in [0.1, 0.15) is 54.9 Å². The van der Waals surface area contributed by atoms with Gasteiger partial charge in [0.2, 0.25) is 0 Å². The quantitative estimate of drug-likeness (QED) is 0.608. The van der Waals surface area contributed by atoms with Gasteiger partial charge < -0.3 is 0 Å². The average molecular weight is 182 g/mol. The van der Waals surface area contributed by atoms with Gasteiger partial charge in [0.1, 0.15) is 0 Å². The maximum atomic E-state index is 2.47. The number of rotatable bonds is 3. The molecular formula is C13H26. The second-order valence-corrected chi connectivity index (χ2v) is 6.28. The third kappa shape index (κ3) is 1.53. The second kappa shape index (κ2) is 3.00. The van der Waals surface area contributed by atoms with Crippen molar-refractivity contribution in [2.24, 2.45) is 28.6 Å². The first-order valence-electron chi connectivity index (χ1n) is 5.73. The molecule has 78 valence electrons. The SMILES string of the molecule is CC(C)C(C)C(C)(C)C1(C)CC1C. The highest BCUT2D eigenvalue weighted by Gasteiger charge is 2.58.